The molecule has 0 saturated heterocycles. The molecule has 0 radical (unpaired) electrons. The van der Waals surface area contributed by atoms with Gasteiger partial charge in [0.05, 0.1) is 0 Å². The first-order valence-corrected chi connectivity index (χ1v) is 12.3. The van der Waals surface area contributed by atoms with Crippen molar-refractivity contribution >= 4 is 13.3 Å². The monoisotopic (exact) mass is 450 g/mol. The van der Waals surface area contributed by atoms with Crippen molar-refractivity contribution in [2.24, 2.45) is 0 Å². The Balaban J connectivity index is 0. The van der Waals surface area contributed by atoms with Gasteiger partial charge in [-0.3, -0.25) is 0 Å². The standard InChI is InChI=1S/C20H29Si.3ClH.Ti/c1-4-6-12-18-13-11-16-20(18)21(3,17-7-5-2)19-14-9-8-10-15-19;;;;/h8-10,14-16H,4-7,11-12,17H2,1-3H3;3*1H;/q;;;;+3/p-3. The van der Waals surface area contributed by atoms with E-state index in [1.54, 1.807) is 19.8 Å². The van der Waals surface area contributed by atoms with Crippen LogP contribution in [0.5, 0.6) is 0 Å². The minimum atomic E-state index is -1.57. The summed E-state index contributed by atoms with van der Waals surface area (Å²) in [6, 6.07) is 12.8. The van der Waals surface area contributed by atoms with Crippen molar-refractivity contribution in [2.45, 2.75) is 65.0 Å². The molecule has 1 aromatic carbocycles. The second-order valence-corrected chi connectivity index (χ2v) is 11.9. The van der Waals surface area contributed by atoms with E-state index in [-0.39, 0.29) is 37.2 Å². The molecule has 1 unspecified atom stereocenters. The average Bonchev–Trinajstić information content (AvgIpc) is 2.93. The van der Waals surface area contributed by atoms with Crippen molar-refractivity contribution < 1.29 is 57.7 Å². The molecule has 0 heterocycles. The molecule has 0 bridgehead atoms. The first-order chi connectivity index (χ1) is 10.6. The minimum absolute atomic E-state index is 0. The zero-order valence-corrected chi connectivity index (χ0v) is 20.4. The third kappa shape index (κ3) is 6.87. The quantitative estimate of drug-likeness (QED) is 0.363. The fourth-order valence-electron chi connectivity index (χ4n) is 3.58. The van der Waals surface area contributed by atoms with Crippen LogP contribution in [0.15, 0.2) is 51.1 Å². The topological polar surface area (TPSA) is 0 Å². The summed E-state index contributed by atoms with van der Waals surface area (Å²) < 4.78 is 1.63. The van der Waals surface area contributed by atoms with Crippen LogP contribution in [0.3, 0.4) is 0 Å². The number of benzene rings is 1. The summed E-state index contributed by atoms with van der Waals surface area (Å²) in [6.45, 7) is 7.23. The average molecular weight is 452 g/mol. The predicted octanol–water partition coefficient (Wildman–Crippen LogP) is -3.36. The number of rotatable bonds is 8. The Labute approximate surface area is 186 Å². The molecule has 0 amide bonds. The summed E-state index contributed by atoms with van der Waals surface area (Å²) in [6.07, 6.45) is 10.3. The van der Waals surface area contributed by atoms with E-state index in [2.05, 4.69) is 77.2 Å². The Morgan fingerprint density at radius 1 is 0.960 bits per heavy atom. The van der Waals surface area contributed by atoms with E-state index < -0.39 is 8.07 Å². The van der Waals surface area contributed by atoms with Crippen LogP contribution < -0.4 is 42.4 Å². The summed E-state index contributed by atoms with van der Waals surface area (Å²) in [5, 5.41) is 3.39. The van der Waals surface area contributed by atoms with E-state index in [1.165, 1.54) is 44.6 Å². The van der Waals surface area contributed by atoms with Gasteiger partial charge in [-0.2, -0.15) is 0 Å². The number of hydrogen-bond donors (Lipinski definition) is 0. The Bertz CT molecular complexity index is 557. The van der Waals surface area contributed by atoms with Crippen molar-refractivity contribution in [3.63, 3.8) is 0 Å². The molecule has 1 atom stereocenters. The number of halogens is 3. The van der Waals surface area contributed by atoms with Crippen LogP contribution in [0.4, 0.5) is 0 Å². The van der Waals surface area contributed by atoms with Gasteiger partial charge in [-0.1, -0.05) is 0 Å². The molecule has 0 spiro atoms. The summed E-state index contributed by atoms with van der Waals surface area (Å²) in [7, 11) is -1.57. The van der Waals surface area contributed by atoms with Gasteiger partial charge in [0.1, 0.15) is 0 Å². The molecular formula is C20H29Cl3SiTi. The molecule has 138 valence electrons. The van der Waals surface area contributed by atoms with E-state index in [0.29, 0.717) is 0 Å². The maximum atomic E-state index is 2.61. The second kappa shape index (κ2) is 13.6. The number of unbranched alkanes of at least 4 members (excludes halogenated alkanes) is 2. The van der Waals surface area contributed by atoms with Crippen LogP contribution in [0.1, 0.15) is 52.4 Å². The zero-order chi connectivity index (χ0) is 16.0. The van der Waals surface area contributed by atoms with Crippen LogP contribution in [0, 0.1) is 0 Å². The van der Waals surface area contributed by atoms with E-state index in [9.17, 15) is 0 Å². The van der Waals surface area contributed by atoms with Gasteiger partial charge >= 0.3 is 150 Å². The van der Waals surface area contributed by atoms with Gasteiger partial charge in [-0.15, -0.1) is 0 Å². The molecule has 2 rings (SSSR count). The summed E-state index contributed by atoms with van der Waals surface area (Å²) in [4.78, 5) is 0. The van der Waals surface area contributed by atoms with Gasteiger partial charge in [0.15, 0.2) is 0 Å². The Morgan fingerprint density at radius 3 is 2.12 bits per heavy atom. The number of hydrogen-bond acceptors (Lipinski definition) is 0. The van der Waals surface area contributed by atoms with Crippen molar-refractivity contribution in [1.29, 1.82) is 0 Å². The van der Waals surface area contributed by atoms with Gasteiger partial charge in [-0.05, 0) is 0 Å². The molecule has 0 fully saturated rings. The SMILES string of the molecule is CCCCC1=[C]([Ti+3])CC=C1[Si](C)(CCCC)c1ccccc1.[Cl-].[Cl-].[Cl-]. The van der Waals surface area contributed by atoms with Gasteiger partial charge in [-0.25, -0.2) is 0 Å². The van der Waals surface area contributed by atoms with E-state index >= 15 is 0 Å². The molecule has 1 aromatic rings. The van der Waals surface area contributed by atoms with E-state index in [4.69, 9.17) is 0 Å². The molecule has 25 heavy (non-hydrogen) atoms. The zero-order valence-electron chi connectivity index (χ0n) is 15.5. The van der Waals surface area contributed by atoms with E-state index in [0.717, 1.165) is 0 Å². The van der Waals surface area contributed by atoms with Crippen LogP contribution in [-0.2, 0) is 20.4 Å². The van der Waals surface area contributed by atoms with Crippen LogP contribution in [0.25, 0.3) is 0 Å². The normalized spacial score (nSPS) is 15.5. The molecule has 0 aliphatic heterocycles. The second-order valence-electron chi connectivity index (χ2n) is 6.68. The van der Waals surface area contributed by atoms with Crippen LogP contribution in [-0.4, -0.2) is 8.07 Å². The molecule has 0 saturated carbocycles. The molecular weight excluding hydrogens is 423 g/mol. The molecule has 0 aromatic heterocycles. The fourth-order valence-corrected chi connectivity index (χ4v) is 8.69. The third-order valence-corrected chi connectivity index (χ3v) is 10.5. The molecule has 0 nitrogen and oxygen atoms in total. The maximum absolute atomic E-state index is 2.61. The smallest absolute Gasteiger partial charge is 1.00 e. The maximum Gasteiger partial charge on any atom is -1.00 e. The van der Waals surface area contributed by atoms with Crippen molar-refractivity contribution in [2.75, 3.05) is 0 Å². The Morgan fingerprint density at radius 2 is 1.56 bits per heavy atom. The van der Waals surface area contributed by atoms with Gasteiger partial charge in [0, 0.05) is 0 Å². The Hall–Kier alpha value is 0.501. The summed E-state index contributed by atoms with van der Waals surface area (Å²) in [5.74, 6) is 0. The summed E-state index contributed by atoms with van der Waals surface area (Å²) in [5.41, 5.74) is 1.72. The largest absolute Gasteiger partial charge is 1.00 e. The van der Waals surface area contributed by atoms with Crippen molar-refractivity contribution in [3.05, 3.63) is 51.1 Å². The first kappa shape index (κ1) is 27.7. The van der Waals surface area contributed by atoms with Crippen LogP contribution >= 0.6 is 0 Å². The first-order valence-electron chi connectivity index (χ1n) is 8.83. The van der Waals surface area contributed by atoms with Gasteiger partial charge in [0.2, 0.25) is 0 Å². The minimum Gasteiger partial charge on any atom is -1.00 e. The molecule has 5 heteroatoms. The van der Waals surface area contributed by atoms with E-state index in [1.807, 2.05) is 0 Å². The number of allylic oxidation sites excluding steroid dienone is 4. The van der Waals surface area contributed by atoms with Gasteiger partial charge < -0.3 is 37.2 Å². The van der Waals surface area contributed by atoms with Gasteiger partial charge in [0.25, 0.3) is 0 Å². The fraction of sp³-hybridized carbons (Fsp3) is 0.500. The Kier molecular flexibility index (Phi) is 15.1. The third-order valence-electron chi connectivity index (χ3n) is 5.02. The molecule has 1 aliphatic rings. The molecule has 0 N–H and O–H groups in total. The summed E-state index contributed by atoms with van der Waals surface area (Å²) >= 11 is 2.36. The van der Waals surface area contributed by atoms with Crippen molar-refractivity contribution in [3.8, 4) is 0 Å². The van der Waals surface area contributed by atoms with Crippen LogP contribution in [0.2, 0.25) is 12.6 Å². The predicted molar refractivity (Wildman–Crippen MR) is 96.7 cm³/mol. The van der Waals surface area contributed by atoms with Crippen molar-refractivity contribution in [1.82, 2.24) is 0 Å². The molecule has 1 aliphatic carbocycles.